The number of carbonyl (C=O) groups excluding carboxylic acids is 2. The molecule has 150 valence electrons. The molecule has 1 heterocycles. The van der Waals surface area contributed by atoms with Crippen LogP contribution in [0.1, 0.15) is 29.3 Å². The number of halogens is 1. The first-order chi connectivity index (χ1) is 13.3. The third kappa shape index (κ3) is 4.80. The molecule has 0 aliphatic carbocycles. The van der Waals surface area contributed by atoms with Crippen molar-refractivity contribution in [2.75, 3.05) is 19.5 Å². The average Bonchev–Trinajstić information content (AvgIpc) is 2.63. The van der Waals surface area contributed by atoms with Crippen LogP contribution in [-0.4, -0.2) is 35.0 Å². The quantitative estimate of drug-likeness (QED) is 0.493. The second-order valence-electron chi connectivity index (χ2n) is 5.89. The summed E-state index contributed by atoms with van der Waals surface area (Å²) in [6.45, 7) is 1.35. The Morgan fingerprint density at radius 3 is 2.64 bits per heavy atom. The number of methoxy groups -OCH3 is 1. The van der Waals surface area contributed by atoms with Crippen molar-refractivity contribution in [3.63, 3.8) is 0 Å². The first kappa shape index (κ1) is 21.2. The fourth-order valence-corrected chi connectivity index (χ4v) is 2.81. The van der Waals surface area contributed by atoms with Gasteiger partial charge in [-0.1, -0.05) is 18.5 Å². The van der Waals surface area contributed by atoms with Gasteiger partial charge < -0.3 is 15.2 Å². The lowest BCUT2D eigenvalue weighted by atomic mass is 10.1. The highest BCUT2D eigenvalue weighted by molar-refractivity contribution is 6.30. The van der Waals surface area contributed by atoms with Gasteiger partial charge in [0, 0.05) is 17.1 Å². The fraction of sp³-hybridized carbons (Fsp3) is 0.333. The molecule has 0 fully saturated rings. The van der Waals surface area contributed by atoms with Crippen LogP contribution in [0.3, 0.4) is 0 Å². The molecule has 2 rings (SSSR count). The van der Waals surface area contributed by atoms with Gasteiger partial charge in [-0.2, -0.15) is 0 Å². The molecule has 9 nitrogen and oxygen atoms in total. The number of nitrogens with one attached hydrogen (secondary N) is 1. The summed E-state index contributed by atoms with van der Waals surface area (Å²) in [6, 6.07) is 4.76. The minimum Gasteiger partial charge on any atom is -0.496 e. The van der Waals surface area contributed by atoms with Crippen molar-refractivity contribution in [1.82, 2.24) is 9.55 Å². The molecule has 0 aliphatic rings. The second kappa shape index (κ2) is 9.23. The number of rotatable bonds is 8. The maximum absolute atomic E-state index is 12.3. The highest BCUT2D eigenvalue weighted by Gasteiger charge is 2.21. The monoisotopic (exact) mass is 409 g/mol. The van der Waals surface area contributed by atoms with Crippen molar-refractivity contribution in [2.24, 2.45) is 0 Å². The Hall–Kier alpha value is -3.07. The van der Waals surface area contributed by atoms with Gasteiger partial charge in [-0.15, -0.1) is 0 Å². The molecule has 3 N–H and O–H groups in total. The Kier molecular flexibility index (Phi) is 7.00. The lowest BCUT2D eigenvalue weighted by molar-refractivity contribution is -0.141. The van der Waals surface area contributed by atoms with Gasteiger partial charge in [0.1, 0.15) is 17.1 Å². The molecule has 0 radical (unpaired) electrons. The number of Topliss-reactive ketones (excluding diaryl/α,β-unsaturated/α-hetero) is 1. The summed E-state index contributed by atoms with van der Waals surface area (Å²) in [5.74, 6) is -1.34. The normalized spacial score (nSPS) is 10.5. The smallest absolute Gasteiger partial charge is 0.329 e. The summed E-state index contributed by atoms with van der Waals surface area (Å²) in [4.78, 5) is 50.2. The number of nitrogens with zero attached hydrogens (tertiary/aromatic N) is 1. The van der Waals surface area contributed by atoms with E-state index in [0.717, 1.165) is 4.57 Å². The zero-order valence-corrected chi connectivity index (χ0v) is 16.2. The van der Waals surface area contributed by atoms with Gasteiger partial charge in [0.15, 0.2) is 6.61 Å². The Morgan fingerprint density at radius 2 is 2.00 bits per heavy atom. The SMILES string of the molecule is CCCn1c(N)c(C(=O)COC(=O)Cc2cc(Cl)ccc2OC)c(=O)[nH]c1=O. The van der Waals surface area contributed by atoms with Gasteiger partial charge in [-0.05, 0) is 24.6 Å². The van der Waals surface area contributed by atoms with Crippen molar-refractivity contribution in [2.45, 2.75) is 26.3 Å². The van der Waals surface area contributed by atoms with E-state index in [9.17, 15) is 19.2 Å². The zero-order chi connectivity index (χ0) is 20.8. The standard InChI is InChI=1S/C18H20ClN3O6/c1-3-6-22-16(20)15(17(25)21-18(22)26)12(23)9-28-14(24)8-10-7-11(19)4-5-13(10)27-2/h4-5,7H,3,6,8-9,20H2,1-2H3,(H,21,25,26). The van der Waals surface area contributed by atoms with Crippen LogP contribution < -0.4 is 21.7 Å². The summed E-state index contributed by atoms with van der Waals surface area (Å²) in [7, 11) is 1.45. The molecule has 10 heteroatoms. The number of benzene rings is 1. The molecular formula is C18H20ClN3O6. The van der Waals surface area contributed by atoms with Gasteiger partial charge >= 0.3 is 11.7 Å². The molecule has 0 amide bonds. The van der Waals surface area contributed by atoms with Crippen molar-refractivity contribution < 1.29 is 19.1 Å². The van der Waals surface area contributed by atoms with Crippen molar-refractivity contribution in [3.05, 3.63) is 55.2 Å². The topological polar surface area (TPSA) is 133 Å². The average molecular weight is 410 g/mol. The van der Waals surface area contributed by atoms with Crippen molar-refractivity contribution >= 4 is 29.2 Å². The Labute approximate surface area is 165 Å². The number of ketones is 1. The van der Waals surface area contributed by atoms with Crippen LogP contribution >= 0.6 is 11.6 Å². The first-order valence-corrected chi connectivity index (χ1v) is 8.80. The summed E-state index contributed by atoms with van der Waals surface area (Å²) < 4.78 is 11.2. The van der Waals surface area contributed by atoms with E-state index in [0.29, 0.717) is 22.8 Å². The number of aromatic nitrogens is 2. The first-order valence-electron chi connectivity index (χ1n) is 8.42. The number of hydrogen-bond donors (Lipinski definition) is 2. The van der Waals surface area contributed by atoms with E-state index in [1.54, 1.807) is 18.2 Å². The number of nitrogen functional groups attached to an aromatic ring is 1. The lowest BCUT2D eigenvalue weighted by Crippen LogP contribution is -2.37. The highest BCUT2D eigenvalue weighted by atomic mass is 35.5. The molecule has 0 unspecified atom stereocenters. The molecule has 2 aromatic rings. The maximum atomic E-state index is 12.3. The predicted molar refractivity (Wildman–Crippen MR) is 103 cm³/mol. The van der Waals surface area contributed by atoms with Crippen LogP contribution in [-0.2, 0) is 22.5 Å². The number of H-pyrrole nitrogens is 1. The number of ether oxygens (including phenoxy) is 2. The summed E-state index contributed by atoms with van der Waals surface area (Å²) in [5, 5.41) is 0.414. The van der Waals surface area contributed by atoms with E-state index in [-0.39, 0.29) is 18.8 Å². The van der Waals surface area contributed by atoms with E-state index >= 15 is 0 Å². The number of aromatic amines is 1. The minimum atomic E-state index is -0.924. The van der Waals surface area contributed by atoms with Crippen LogP contribution in [0.25, 0.3) is 0 Å². The van der Waals surface area contributed by atoms with E-state index in [1.165, 1.54) is 7.11 Å². The van der Waals surface area contributed by atoms with Crippen LogP contribution in [0.2, 0.25) is 5.02 Å². The van der Waals surface area contributed by atoms with Crippen molar-refractivity contribution in [3.8, 4) is 5.75 Å². The molecule has 1 aromatic heterocycles. The third-order valence-electron chi connectivity index (χ3n) is 3.91. The van der Waals surface area contributed by atoms with Gasteiger partial charge in [0.25, 0.3) is 5.56 Å². The number of anilines is 1. The second-order valence-corrected chi connectivity index (χ2v) is 6.32. The van der Waals surface area contributed by atoms with E-state index in [4.69, 9.17) is 26.8 Å². The lowest BCUT2D eigenvalue weighted by Gasteiger charge is -2.12. The molecule has 0 spiro atoms. The van der Waals surface area contributed by atoms with Crippen LogP contribution in [0.4, 0.5) is 5.82 Å². The van der Waals surface area contributed by atoms with Gasteiger partial charge in [0.2, 0.25) is 5.78 Å². The number of esters is 1. The minimum absolute atomic E-state index is 0.182. The Balaban J connectivity index is 2.13. The highest BCUT2D eigenvalue weighted by Crippen LogP contribution is 2.23. The third-order valence-corrected chi connectivity index (χ3v) is 4.14. The number of hydrogen-bond acceptors (Lipinski definition) is 7. The van der Waals surface area contributed by atoms with E-state index in [1.807, 2.05) is 11.9 Å². The molecule has 0 saturated heterocycles. The molecular weight excluding hydrogens is 390 g/mol. The largest absolute Gasteiger partial charge is 0.496 e. The zero-order valence-electron chi connectivity index (χ0n) is 15.4. The van der Waals surface area contributed by atoms with E-state index < -0.39 is 35.2 Å². The van der Waals surface area contributed by atoms with Gasteiger partial charge in [-0.25, -0.2) is 4.79 Å². The molecule has 0 atom stereocenters. The van der Waals surface area contributed by atoms with Gasteiger partial charge in [-0.3, -0.25) is 23.9 Å². The van der Waals surface area contributed by atoms with Crippen molar-refractivity contribution in [1.29, 1.82) is 0 Å². The molecule has 0 saturated carbocycles. The van der Waals surface area contributed by atoms with Crippen LogP contribution in [0.15, 0.2) is 27.8 Å². The molecule has 1 aromatic carbocycles. The predicted octanol–water partition coefficient (Wildman–Crippen LogP) is 1.16. The van der Waals surface area contributed by atoms with Gasteiger partial charge in [0.05, 0.1) is 13.5 Å². The van der Waals surface area contributed by atoms with Crippen LogP contribution in [0, 0.1) is 0 Å². The summed E-state index contributed by atoms with van der Waals surface area (Å²) >= 11 is 5.91. The molecule has 0 bridgehead atoms. The molecule has 28 heavy (non-hydrogen) atoms. The maximum Gasteiger partial charge on any atom is 0.329 e. The van der Waals surface area contributed by atoms with E-state index in [2.05, 4.69) is 0 Å². The summed E-state index contributed by atoms with van der Waals surface area (Å²) in [6.07, 6.45) is 0.387. The molecule has 0 aliphatic heterocycles. The number of nitrogens with two attached hydrogens (primary N) is 1. The number of carbonyl (C=O) groups is 2. The van der Waals surface area contributed by atoms with Crippen LogP contribution in [0.5, 0.6) is 5.75 Å². The fourth-order valence-electron chi connectivity index (χ4n) is 2.61. The summed E-state index contributed by atoms with van der Waals surface area (Å²) in [5.41, 5.74) is 4.25. The Morgan fingerprint density at radius 1 is 1.29 bits per heavy atom. The Bertz CT molecular complexity index is 1010.